The number of rotatable bonds is 3. The predicted molar refractivity (Wildman–Crippen MR) is 56.1 cm³/mol. The van der Waals surface area contributed by atoms with Gasteiger partial charge in [-0.3, -0.25) is 0 Å². The number of aromatic hydroxyl groups is 1. The highest BCUT2D eigenvalue weighted by Crippen LogP contribution is 2.29. The molecule has 1 atom stereocenters. The minimum Gasteiger partial charge on any atom is -0.508 e. The van der Waals surface area contributed by atoms with Gasteiger partial charge in [0.1, 0.15) is 5.75 Å². The average Bonchev–Trinajstić information content (AvgIpc) is 2.09. The molecule has 0 heterocycles. The number of aliphatic hydroxyl groups is 1. The lowest BCUT2D eigenvalue weighted by atomic mass is 9.87. The third-order valence-electron chi connectivity index (χ3n) is 2.55. The molecule has 3 nitrogen and oxygen atoms in total. The molecule has 0 aliphatic heterocycles. The SMILES string of the molecule is Cc1c(O)cccc1[C@@](C)(N)CCO. The van der Waals surface area contributed by atoms with E-state index in [-0.39, 0.29) is 12.4 Å². The quantitative estimate of drug-likeness (QED) is 0.680. The van der Waals surface area contributed by atoms with Crippen molar-refractivity contribution in [3.05, 3.63) is 29.3 Å². The van der Waals surface area contributed by atoms with E-state index in [4.69, 9.17) is 10.8 Å². The van der Waals surface area contributed by atoms with Crippen LogP contribution < -0.4 is 5.73 Å². The van der Waals surface area contributed by atoms with Crippen LogP contribution in [0.15, 0.2) is 18.2 Å². The van der Waals surface area contributed by atoms with Crippen LogP contribution in [-0.2, 0) is 5.54 Å². The second kappa shape index (κ2) is 3.98. The number of benzene rings is 1. The summed E-state index contributed by atoms with van der Waals surface area (Å²) in [4.78, 5) is 0. The topological polar surface area (TPSA) is 66.5 Å². The second-order valence-corrected chi connectivity index (χ2v) is 3.84. The Bertz CT molecular complexity index is 321. The Kier molecular flexibility index (Phi) is 3.13. The fraction of sp³-hybridized carbons (Fsp3) is 0.455. The van der Waals surface area contributed by atoms with Gasteiger partial charge in [0.2, 0.25) is 0 Å². The molecule has 0 aliphatic carbocycles. The molecule has 0 spiro atoms. The van der Waals surface area contributed by atoms with Crippen LogP contribution in [0.4, 0.5) is 0 Å². The Morgan fingerprint density at radius 1 is 1.43 bits per heavy atom. The minimum atomic E-state index is -0.586. The molecule has 78 valence electrons. The van der Waals surface area contributed by atoms with Gasteiger partial charge in [0, 0.05) is 12.1 Å². The van der Waals surface area contributed by atoms with Crippen molar-refractivity contribution in [3.8, 4) is 5.75 Å². The molecule has 3 heteroatoms. The normalized spacial score (nSPS) is 15.1. The number of aliphatic hydroxyl groups excluding tert-OH is 1. The Morgan fingerprint density at radius 3 is 2.64 bits per heavy atom. The molecule has 0 aromatic heterocycles. The van der Waals surface area contributed by atoms with Crippen molar-refractivity contribution < 1.29 is 10.2 Å². The molecule has 0 aliphatic rings. The van der Waals surface area contributed by atoms with Gasteiger partial charge in [-0.15, -0.1) is 0 Å². The zero-order valence-corrected chi connectivity index (χ0v) is 8.62. The van der Waals surface area contributed by atoms with Crippen molar-refractivity contribution in [2.24, 2.45) is 5.73 Å². The van der Waals surface area contributed by atoms with Crippen LogP contribution in [0.5, 0.6) is 5.75 Å². The van der Waals surface area contributed by atoms with Crippen LogP contribution in [0.1, 0.15) is 24.5 Å². The van der Waals surface area contributed by atoms with Crippen molar-refractivity contribution in [1.29, 1.82) is 0 Å². The highest BCUT2D eigenvalue weighted by molar-refractivity contribution is 5.41. The molecule has 4 N–H and O–H groups in total. The molecule has 1 rings (SSSR count). The summed E-state index contributed by atoms with van der Waals surface area (Å²) in [7, 11) is 0. The van der Waals surface area contributed by atoms with Crippen LogP contribution in [-0.4, -0.2) is 16.8 Å². The summed E-state index contributed by atoms with van der Waals surface area (Å²) in [5, 5.41) is 18.4. The highest BCUT2D eigenvalue weighted by Gasteiger charge is 2.23. The fourth-order valence-corrected chi connectivity index (χ4v) is 1.61. The Balaban J connectivity index is 3.12. The summed E-state index contributed by atoms with van der Waals surface area (Å²) < 4.78 is 0. The van der Waals surface area contributed by atoms with Gasteiger partial charge in [-0.2, -0.15) is 0 Å². The lowest BCUT2D eigenvalue weighted by molar-refractivity contribution is 0.246. The van der Waals surface area contributed by atoms with Gasteiger partial charge >= 0.3 is 0 Å². The largest absolute Gasteiger partial charge is 0.508 e. The van der Waals surface area contributed by atoms with E-state index in [9.17, 15) is 5.11 Å². The van der Waals surface area contributed by atoms with Gasteiger partial charge in [-0.25, -0.2) is 0 Å². The zero-order valence-electron chi connectivity index (χ0n) is 8.62. The highest BCUT2D eigenvalue weighted by atomic mass is 16.3. The van der Waals surface area contributed by atoms with Crippen molar-refractivity contribution >= 4 is 0 Å². The van der Waals surface area contributed by atoms with Gasteiger partial charge in [-0.1, -0.05) is 12.1 Å². The first-order valence-electron chi connectivity index (χ1n) is 4.68. The predicted octanol–water partition coefficient (Wildman–Crippen LogP) is 1.26. The van der Waals surface area contributed by atoms with E-state index in [2.05, 4.69) is 0 Å². The van der Waals surface area contributed by atoms with E-state index in [1.54, 1.807) is 12.1 Å². The number of nitrogens with two attached hydrogens (primary N) is 1. The summed E-state index contributed by atoms with van der Waals surface area (Å²) >= 11 is 0. The molecule has 0 amide bonds. The first-order valence-corrected chi connectivity index (χ1v) is 4.68. The molecule has 0 bridgehead atoms. The van der Waals surface area contributed by atoms with E-state index in [0.717, 1.165) is 11.1 Å². The molecule has 1 aromatic rings. The molecule has 0 saturated carbocycles. The van der Waals surface area contributed by atoms with Crippen LogP contribution in [0.3, 0.4) is 0 Å². The third-order valence-corrected chi connectivity index (χ3v) is 2.55. The summed E-state index contributed by atoms with van der Waals surface area (Å²) in [6.45, 7) is 3.72. The number of phenolic OH excluding ortho intramolecular Hbond substituents is 1. The van der Waals surface area contributed by atoms with Crippen LogP contribution in [0, 0.1) is 6.92 Å². The lowest BCUT2D eigenvalue weighted by Crippen LogP contribution is -2.34. The average molecular weight is 195 g/mol. The number of hydrogen-bond acceptors (Lipinski definition) is 3. The molecular formula is C11H17NO2. The van der Waals surface area contributed by atoms with Crippen LogP contribution in [0.25, 0.3) is 0 Å². The smallest absolute Gasteiger partial charge is 0.118 e. The maximum atomic E-state index is 9.51. The van der Waals surface area contributed by atoms with Crippen molar-refractivity contribution in [1.82, 2.24) is 0 Å². The number of hydrogen-bond donors (Lipinski definition) is 3. The Hall–Kier alpha value is -1.06. The van der Waals surface area contributed by atoms with Gasteiger partial charge < -0.3 is 15.9 Å². The summed E-state index contributed by atoms with van der Waals surface area (Å²) in [6.07, 6.45) is 0.483. The van der Waals surface area contributed by atoms with Gasteiger partial charge in [0.15, 0.2) is 0 Å². The van der Waals surface area contributed by atoms with Crippen molar-refractivity contribution in [2.45, 2.75) is 25.8 Å². The van der Waals surface area contributed by atoms with Gasteiger partial charge in [0.05, 0.1) is 0 Å². The van der Waals surface area contributed by atoms with Gasteiger partial charge in [-0.05, 0) is 37.5 Å². The standard InChI is InChI=1S/C11H17NO2/c1-8-9(4-3-5-10(8)14)11(2,12)6-7-13/h3-5,13-14H,6-7,12H2,1-2H3/t11-/m0/s1. The van der Waals surface area contributed by atoms with E-state index < -0.39 is 5.54 Å². The first-order chi connectivity index (χ1) is 6.49. The molecular weight excluding hydrogens is 178 g/mol. The minimum absolute atomic E-state index is 0.0437. The monoisotopic (exact) mass is 195 g/mol. The molecule has 0 radical (unpaired) electrons. The third kappa shape index (κ3) is 2.05. The van der Waals surface area contributed by atoms with Crippen LogP contribution >= 0.6 is 0 Å². The zero-order chi connectivity index (χ0) is 10.8. The van der Waals surface area contributed by atoms with Crippen molar-refractivity contribution in [3.63, 3.8) is 0 Å². The number of phenols is 1. The molecule has 0 unspecified atom stereocenters. The van der Waals surface area contributed by atoms with E-state index in [0.29, 0.717) is 6.42 Å². The maximum Gasteiger partial charge on any atom is 0.118 e. The molecule has 14 heavy (non-hydrogen) atoms. The summed E-state index contributed by atoms with van der Waals surface area (Å²) in [5.41, 5.74) is 7.13. The second-order valence-electron chi connectivity index (χ2n) is 3.84. The Morgan fingerprint density at radius 2 is 2.07 bits per heavy atom. The first kappa shape index (κ1) is 11.0. The summed E-state index contributed by atoms with van der Waals surface area (Å²) in [5.74, 6) is 0.247. The van der Waals surface area contributed by atoms with Crippen LogP contribution in [0.2, 0.25) is 0 Å². The van der Waals surface area contributed by atoms with Crippen molar-refractivity contribution in [2.75, 3.05) is 6.61 Å². The molecule has 0 fully saturated rings. The molecule has 0 saturated heterocycles. The fourth-order valence-electron chi connectivity index (χ4n) is 1.61. The van der Waals surface area contributed by atoms with E-state index in [1.165, 1.54) is 0 Å². The summed E-state index contributed by atoms with van der Waals surface area (Å²) in [6, 6.07) is 5.28. The van der Waals surface area contributed by atoms with Gasteiger partial charge in [0.25, 0.3) is 0 Å². The lowest BCUT2D eigenvalue weighted by Gasteiger charge is -2.26. The molecule has 1 aromatic carbocycles. The maximum absolute atomic E-state index is 9.51. The van der Waals surface area contributed by atoms with E-state index >= 15 is 0 Å². The van der Waals surface area contributed by atoms with E-state index in [1.807, 2.05) is 19.9 Å². The Labute approximate surface area is 84.2 Å².